The molecule has 2 fully saturated rings. The number of amides is 9. The molecule has 2 saturated heterocycles. The summed E-state index contributed by atoms with van der Waals surface area (Å²) in [5.74, 6) is -19.4. The van der Waals surface area contributed by atoms with Crippen LogP contribution in [0, 0.1) is 5.92 Å². The fourth-order valence-corrected chi connectivity index (χ4v) is 19.6. The first-order valence-electron chi connectivity index (χ1n) is 43.6. The summed E-state index contributed by atoms with van der Waals surface area (Å²) in [5.41, 5.74) is 8.18. The minimum atomic E-state index is -3.07. The van der Waals surface area contributed by atoms with Gasteiger partial charge in [0.25, 0.3) is 0 Å². The van der Waals surface area contributed by atoms with Crippen molar-refractivity contribution >= 4 is 82.7 Å². The Morgan fingerprint density at radius 3 is 1.70 bits per heavy atom. The third-order valence-electron chi connectivity index (χ3n) is 26.0. The first kappa shape index (κ1) is 94.4. The summed E-state index contributed by atoms with van der Waals surface area (Å²) in [4.78, 5) is 151. The summed E-state index contributed by atoms with van der Waals surface area (Å²) in [6, 6.07) is 29.0. The largest absolute Gasteiger partial charge is 0.508 e. The van der Waals surface area contributed by atoms with Crippen LogP contribution < -0.4 is 57.2 Å². The van der Waals surface area contributed by atoms with Gasteiger partial charge < -0.3 is 132 Å². The maximum absolute atomic E-state index is 16.5. The number of nitrogens with one attached hydrogen (secondary N) is 7. The van der Waals surface area contributed by atoms with Gasteiger partial charge in [0.05, 0.1) is 34.7 Å². The average Bonchev–Trinajstić information content (AvgIpc) is 1.55. The fourth-order valence-electron chi connectivity index (χ4n) is 19.1. The normalized spacial score (nSPS) is 26.0. The molecular weight excluding hydrogens is 1810 g/mol. The van der Waals surface area contributed by atoms with E-state index in [4.69, 9.17) is 66.8 Å². The number of carbonyl (C=O) groups is 10. The third-order valence-corrected chi connectivity index (χ3v) is 26.6. The number of aliphatic hydroxyl groups excluding tert-OH is 6. The quantitative estimate of drug-likeness (QED) is 0.0411. The van der Waals surface area contributed by atoms with Crippen LogP contribution >= 0.6 is 23.2 Å². The molecule has 19 rings (SSSR count). The van der Waals surface area contributed by atoms with Crippen molar-refractivity contribution in [2.45, 2.75) is 174 Å². The van der Waals surface area contributed by atoms with Gasteiger partial charge in [-0.1, -0.05) is 158 Å². The molecule has 0 spiro atoms. The second kappa shape index (κ2) is 37.7. The number of aliphatic carboxylic acids is 1. The number of hydrogen-bond acceptors (Lipinski definition) is 27. The molecule has 0 aromatic heterocycles. The molecule has 19 N–H and O–H groups in total. The van der Waals surface area contributed by atoms with Gasteiger partial charge in [-0.3, -0.25) is 38.5 Å². The van der Waals surface area contributed by atoms with Crippen LogP contribution in [-0.4, -0.2) is 221 Å². The lowest BCUT2D eigenvalue weighted by Gasteiger charge is -2.48. The Morgan fingerprint density at radius 2 is 1.14 bits per heavy atom. The standard InChI is InChI=1S/C97H95Cl2N9O28/c1-41(2)28-65(108(5)95(126)130-40-59-54-20-12-8-16-50(54)51-17-9-13-21-55(51)59)87(118)105-77-79(112)44-23-26-66(62(98)30-44)132-68-32-46-33-69(83(68)136-93-84(82(115)81(114)70(38-109)134-93)135-72-37-96(4,85(116)42(3)131-72)107-94(125)129-39-58-52-18-10-6-14-48(52)49-15-7-11-19-53(49)58)133-67-27-24-45(31-63(67)99)80(113)78-91(122)104-76(92(123)124)57-34-47(110)35-61-73(57)56-29-43(22-25-60(56)97(61,127)128)74(88(119)106-78)103-89(120)75(46)102-86(117)64(36-71(100)111)101-90(77)121/h6-27,29-35,41-42,58-59,64-65,70,72,74-82,84-85,93,109-110,112-116,127-128H,28,36-40H2,1-5H3,(H2,100,111)(H,101,121)(H,102,117)(H,103,120)(H,104,122)(H,105,118)(H,106,119)(H,107,125)(H,123,124)/t42-,64-,65+,70+,72-,74+,75+,76-,77+,78-,79+,80+,81+,82-,84+,85+,93-,96-/m0/s1. The zero-order valence-electron chi connectivity index (χ0n) is 73.1. The Bertz CT molecular complexity index is 6230. The van der Waals surface area contributed by atoms with Gasteiger partial charge in [-0.2, -0.15) is 0 Å². The van der Waals surface area contributed by atoms with Crippen LogP contribution in [0.25, 0.3) is 33.4 Å². The van der Waals surface area contributed by atoms with Gasteiger partial charge in [-0.25, -0.2) is 14.4 Å². The number of hydrogen-bond donors (Lipinski definition) is 18. The molecule has 9 aromatic carbocycles. The number of ether oxygens (including phenoxy) is 8. The molecule has 9 amide bonds. The second-order valence-corrected chi connectivity index (χ2v) is 36.2. The SMILES string of the molecule is CC(C)C[C@H](C(=O)N[C@H]1C(=O)N[C@@H](CC(N)=O)C(=O)N[C@H]2C(=O)N[C@H]3C(=O)N[C@H](C(=O)N[C@H](C(=O)O)c4cc(O)cc5c4-c4cc3ccc4C5(O)O)[C@H](O)c3ccc(c(Cl)c3)Oc3cc2cc(c3O[C@@H]2O[C@H](CO)[C@@H](O)[C@H](O)[C@H]2O[C@H]2C[C@](C)(NC(=O)OCC3c4ccccc4-c4ccccc43)[C@H](O)[C@H](C)O2)Oc2ccc(cc2Cl)[C@H]1O)N(C)C(=O)OCC1c2ccccc2-c2ccccc21. The Hall–Kier alpha value is -13.4. The Kier molecular flexibility index (Phi) is 26.2. The average molecular weight is 1910 g/mol. The number of aromatic hydroxyl groups is 1. The lowest BCUT2D eigenvalue weighted by atomic mass is 9.85. The number of nitrogens with two attached hydrogens (primary N) is 1. The number of likely N-dealkylation sites (N-methyl/N-ethyl adjacent to an activating group) is 1. The minimum absolute atomic E-state index is 0.107. The molecule has 9 aromatic rings. The van der Waals surface area contributed by atoms with E-state index in [0.717, 1.165) is 122 Å². The number of carbonyl (C=O) groups excluding carboxylic acids is 9. The van der Waals surface area contributed by atoms with Crippen LogP contribution in [0.15, 0.2) is 176 Å². The number of halogens is 2. The highest BCUT2D eigenvalue weighted by Gasteiger charge is 2.54. The second-order valence-electron chi connectivity index (χ2n) is 35.4. The van der Waals surface area contributed by atoms with Gasteiger partial charge in [0.2, 0.25) is 59.2 Å². The molecule has 7 aliphatic heterocycles. The van der Waals surface area contributed by atoms with Crippen molar-refractivity contribution in [3.8, 4) is 67.9 Å². The number of nitrogens with zero attached hydrogens (tertiary/aromatic N) is 1. The van der Waals surface area contributed by atoms with E-state index in [0.29, 0.717) is 0 Å². The molecule has 11 bridgehead atoms. The van der Waals surface area contributed by atoms with E-state index < -0.39 is 261 Å². The first-order valence-corrected chi connectivity index (χ1v) is 44.4. The van der Waals surface area contributed by atoms with Crippen LogP contribution in [0.4, 0.5) is 9.59 Å². The molecule has 7 heterocycles. The van der Waals surface area contributed by atoms with E-state index in [1.165, 1.54) is 27.0 Å². The minimum Gasteiger partial charge on any atom is -0.508 e. The zero-order chi connectivity index (χ0) is 96.7. The van der Waals surface area contributed by atoms with Crippen molar-refractivity contribution in [2.75, 3.05) is 26.9 Å². The number of rotatable bonds is 18. The summed E-state index contributed by atoms with van der Waals surface area (Å²) in [6.07, 6.45) is -22.8. The van der Waals surface area contributed by atoms with Crippen molar-refractivity contribution in [3.05, 3.63) is 247 Å². The van der Waals surface area contributed by atoms with Crippen molar-refractivity contribution in [1.82, 2.24) is 42.1 Å². The lowest BCUT2D eigenvalue weighted by molar-refractivity contribution is -0.334. The highest BCUT2D eigenvalue weighted by Crippen LogP contribution is 2.54. The summed E-state index contributed by atoms with van der Waals surface area (Å²) in [5, 5.41) is 136. The maximum Gasteiger partial charge on any atom is 0.410 e. The molecule has 39 heteroatoms. The molecule has 0 saturated carbocycles. The molecule has 710 valence electrons. The summed E-state index contributed by atoms with van der Waals surface area (Å²) >= 11 is 14.5. The zero-order valence-corrected chi connectivity index (χ0v) is 74.6. The highest BCUT2D eigenvalue weighted by molar-refractivity contribution is 6.32. The van der Waals surface area contributed by atoms with Gasteiger partial charge in [0.15, 0.2) is 29.9 Å². The lowest BCUT2D eigenvalue weighted by Crippen LogP contribution is -2.66. The maximum atomic E-state index is 16.5. The molecule has 3 aliphatic carbocycles. The van der Waals surface area contributed by atoms with E-state index in [1.54, 1.807) is 13.8 Å². The number of phenols is 1. The van der Waals surface area contributed by atoms with Crippen LogP contribution in [0.2, 0.25) is 10.0 Å². The number of phenolic OH excluding ortho intramolecular Hbond substituents is 1. The van der Waals surface area contributed by atoms with Crippen LogP contribution in [0.1, 0.15) is 150 Å². The number of alkyl carbamates (subject to hydrolysis) is 1. The molecule has 18 atom stereocenters. The Morgan fingerprint density at radius 1 is 0.596 bits per heavy atom. The number of carboxylic acids is 1. The monoisotopic (exact) mass is 1900 g/mol. The van der Waals surface area contributed by atoms with Gasteiger partial charge >= 0.3 is 18.2 Å². The topological polar surface area (TPSA) is 560 Å². The van der Waals surface area contributed by atoms with Crippen LogP contribution in [0.5, 0.6) is 34.5 Å². The summed E-state index contributed by atoms with van der Waals surface area (Å²) in [6.45, 7) is 5.04. The van der Waals surface area contributed by atoms with Crippen molar-refractivity contribution < 1.29 is 137 Å². The fraction of sp³-hybridized carbons (Fsp3) is 0.340. The Labute approximate surface area is 785 Å². The molecule has 10 aliphatic rings. The van der Waals surface area contributed by atoms with Crippen LogP contribution in [-0.2, 0) is 67.8 Å². The molecule has 0 unspecified atom stereocenters. The van der Waals surface area contributed by atoms with E-state index in [9.17, 15) is 70.2 Å². The predicted molar refractivity (Wildman–Crippen MR) is 479 cm³/mol. The van der Waals surface area contributed by atoms with E-state index in [2.05, 4.69) is 37.2 Å². The van der Waals surface area contributed by atoms with Gasteiger partial charge in [0.1, 0.15) is 103 Å². The van der Waals surface area contributed by atoms with E-state index >= 15 is 28.8 Å². The van der Waals surface area contributed by atoms with Crippen LogP contribution in [0.3, 0.4) is 0 Å². The molecule has 0 radical (unpaired) electrons. The Balaban J connectivity index is 0.784. The number of aliphatic hydroxyl groups is 8. The van der Waals surface area contributed by atoms with Gasteiger partial charge in [-0.15, -0.1) is 0 Å². The van der Waals surface area contributed by atoms with Gasteiger partial charge in [0, 0.05) is 36.4 Å². The summed E-state index contributed by atoms with van der Waals surface area (Å²) in [7, 11) is 1.29. The molecular formula is C97H95Cl2N9O28. The number of benzene rings is 9. The highest BCUT2D eigenvalue weighted by atomic mass is 35.5. The first-order chi connectivity index (χ1) is 64.9. The molecule has 37 nitrogen and oxygen atoms in total. The number of primary amides is 1. The van der Waals surface area contributed by atoms with E-state index in [-0.39, 0.29) is 64.9 Å². The number of fused-ring (bicyclic) bond motifs is 18. The summed E-state index contributed by atoms with van der Waals surface area (Å²) < 4.78 is 51.6. The predicted octanol–water partition coefficient (Wildman–Crippen LogP) is 6.44. The third kappa shape index (κ3) is 18.0. The van der Waals surface area contributed by atoms with Crippen molar-refractivity contribution in [1.29, 1.82) is 0 Å². The van der Waals surface area contributed by atoms with Gasteiger partial charge in [-0.05, 0) is 164 Å². The van der Waals surface area contributed by atoms with E-state index in [1.807, 2.05) is 97.1 Å². The number of carboxylic acid groups (broad SMARTS) is 1. The van der Waals surface area contributed by atoms with Crippen molar-refractivity contribution in [2.24, 2.45) is 11.7 Å². The smallest absolute Gasteiger partial charge is 0.410 e. The van der Waals surface area contributed by atoms with Crippen molar-refractivity contribution in [3.63, 3.8) is 0 Å². The molecule has 136 heavy (non-hydrogen) atoms.